The molecule has 0 heterocycles. The summed E-state index contributed by atoms with van der Waals surface area (Å²) in [4.78, 5) is 0. The second kappa shape index (κ2) is 5.67. The van der Waals surface area contributed by atoms with E-state index in [1.54, 1.807) is 18.2 Å². The van der Waals surface area contributed by atoms with Gasteiger partial charge in [0.15, 0.2) is 11.6 Å². The molecular weight excluding hydrogens is 346 g/mol. The number of hydrogen-bond donors (Lipinski definition) is 1. The van der Waals surface area contributed by atoms with Crippen molar-refractivity contribution in [2.75, 3.05) is 7.11 Å². The first kappa shape index (κ1) is 13.3. The summed E-state index contributed by atoms with van der Waals surface area (Å²) in [6, 6.07) is 12.1. The minimum Gasteiger partial charge on any atom is -0.494 e. The Morgan fingerprint density at radius 2 is 1.78 bits per heavy atom. The quantitative estimate of drug-likeness (QED) is 0.851. The van der Waals surface area contributed by atoms with Gasteiger partial charge in [0.1, 0.15) is 6.10 Å². The molecule has 4 heteroatoms. The number of rotatable bonds is 3. The SMILES string of the molecule is COc1cccc(C(O)c2ccccc2I)c1F. The molecule has 0 bridgehead atoms. The Bertz CT molecular complexity index is 557. The van der Waals surface area contributed by atoms with Crippen molar-refractivity contribution in [3.8, 4) is 5.75 Å². The number of methoxy groups -OCH3 is 1. The summed E-state index contributed by atoms with van der Waals surface area (Å²) in [6.07, 6.45) is -0.992. The lowest BCUT2D eigenvalue weighted by Gasteiger charge is -2.15. The van der Waals surface area contributed by atoms with Crippen LogP contribution in [0.5, 0.6) is 5.75 Å². The summed E-state index contributed by atoms with van der Waals surface area (Å²) in [5.41, 5.74) is 0.906. The molecule has 1 atom stereocenters. The summed E-state index contributed by atoms with van der Waals surface area (Å²) in [5, 5.41) is 10.3. The van der Waals surface area contributed by atoms with Crippen molar-refractivity contribution in [1.29, 1.82) is 0 Å². The highest BCUT2D eigenvalue weighted by Gasteiger charge is 2.19. The molecule has 2 aromatic carbocycles. The van der Waals surface area contributed by atoms with Crippen LogP contribution in [0.3, 0.4) is 0 Å². The summed E-state index contributed by atoms with van der Waals surface area (Å²) >= 11 is 2.12. The third-order valence-electron chi connectivity index (χ3n) is 2.71. The molecule has 0 amide bonds. The molecule has 2 aromatic rings. The molecule has 0 saturated carbocycles. The van der Waals surface area contributed by atoms with E-state index in [-0.39, 0.29) is 11.3 Å². The zero-order valence-corrected chi connectivity index (χ0v) is 11.9. The molecule has 18 heavy (non-hydrogen) atoms. The normalized spacial score (nSPS) is 12.2. The fraction of sp³-hybridized carbons (Fsp3) is 0.143. The van der Waals surface area contributed by atoms with Crippen LogP contribution in [0.1, 0.15) is 17.2 Å². The van der Waals surface area contributed by atoms with Gasteiger partial charge in [0.25, 0.3) is 0 Å². The van der Waals surface area contributed by atoms with Crippen molar-refractivity contribution >= 4 is 22.6 Å². The third-order valence-corrected chi connectivity index (χ3v) is 3.69. The maximum atomic E-state index is 14.1. The lowest BCUT2D eigenvalue weighted by atomic mass is 10.0. The van der Waals surface area contributed by atoms with E-state index in [4.69, 9.17) is 4.74 Å². The number of aliphatic hydroxyl groups is 1. The molecular formula is C14H12FIO2. The minimum absolute atomic E-state index is 0.137. The number of hydrogen-bond acceptors (Lipinski definition) is 2. The number of ether oxygens (including phenoxy) is 1. The Balaban J connectivity index is 2.47. The molecule has 0 spiro atoms. The lowest BCUT2D eigenvalue weighted by Crippen LogP contribution is -2.05. The fourth-order valence-corrected chi connectivity index (χ4v) is 2.44. The van der Waals surface area contributed by atoms with E-state index in [0.29, 0.717) is 5.56 Å². The summed E-state index contributed by atoms with van der Waals surface area (Å²) in [5.74, 6) is -0.385. The Labute approximate surface area is 119 Å². The fourth-order valence-electron chi connectivity index (χ4n) is 1.76. The molecule has 0 aliphatic carbocycles. The van der Waals surface area contributed by atoms with Crippen LogP contribution in [0.2, 0.25) is 0 Å². The largest absolute Gasteiger partial charge is 0.494 e. The molecule has 0 saturated heterocycles. The highest BCUT2D eigenvalue weighted by Crippen LogP contribution is 2.31. The molecule has 2 rings (SSSR count). The Morgan fingerprint density at radius 1 is 1.11 bits per heavy atom. The third kappa shape index (κ3) is 2.49. The van der Waals surface area contributed by atoms with Crippen LogP contribution in [-0.4, -0.2) is 12.2 Å². The van der Waals surface area contributed by atoms with Crippen molar-refractivity contribution in [2.45, 2.75) is 6.10 Å². The Morgan fingerprint density at radius 3 is 2.44 bits per heavy atom. The van der Waals surface area contributed by atoms with Crippen molar-refractivity contribution < 1.29 is 14.2 Å². The number of halogens is 2. The van der Waals surface area contributed by atoms with Gasteiger partial charge in [-0.3, -0.25) is 0 Å². The molecule has 2 nitrogen and oxygen atoms in total. The molecule has 1 unspecified atom stereocenters. The number of aliphatic hydroxyl groups excluding tert-OH is 1. The monoisotopic (exact) mass is 358 g/mol. The highest BCUT2D eigenvalue weighted by molar-refractivity contribution is 14.1. The zero-order chi connectivity index (χ0) is 13.1. The van der Waals surface area contributed by atoms with Gasteiger partial charge in [-0.1, -0.05) is 30.3 Å². The van der Waals surface area contributed by atoms with Crippen LogP contribution in [-0.2, 0) is 0 Å². The van der Waals surface area contributed by atoms with Gasteiger partial charge in [-0.05, 0) is 40.3 Å². The van der Waals surface area contributed by atoms with Crippen LogP contribution in [0.25, 0.3) is 0 Å². The molecule has 94 valence electrons. The van der Waals surface area contributed by atoms with E-state index in [2.05, 4.69) is 22.6 Å². The highest BCUT2D eigenvalue weighted by atomic mass is 127. The van der Waals surface area contributed by atoms with E-state index in [9.17, 15) is 9.50 Å². The van der Waals surface area contributed by atoms with Crippen molar-refractivity contribution in [3.63, 3.8) is 0 Å². The zero-order valence-electron chi connectivity index (χ0n) is 9.73. The predicted molar refractivity (Wildman–Crippen MR) is 76.2 cm³/mol. The first-order valence-electron chi connectivity index (χ1n) is 5.40. The van der Waals surface area contributed by atoms with E-state index >= 15 is 0 Å². The summed E-state index contributed by atoms with van der Waals surface area (Å²) in [7, 11) is 1.40. The topological polar surface area (TPSA) is 29.5 Å². The lowest BCUT2D eigenvalue weighted by molar-refractivity contribution is 0.212. The van der Waals surface area contributed by atoms with E-state index in [1.165, 1.54) is 13.2 Å². The van der Waals surface area contributed by atoms with Gasteiger partial charge in [0.2, 0.25) is 0 Å². The average molecular weight is 358 g/mol. The number of benzene rings is 2. The first-order valence-corrected chi connectivity index (χ1v) is 6.48. The van der Waals surface area contributed by atoms with Crippen LogP contribution >= 0.6 is 22.6 Å². The Hall–Kier alpha value is -1.14. The van der Waals surface area contributed by atoms with E-state index < -0.39 is 11.9 Å². The van der Waals surface area contributed by atoms with Gasteiger partial charge in [-0.2, -0.15) is 0 Å². The Kier molecular flexibility index (Phi) is 4.19. The molecule has 0 radical (unpaired) electrons. The van der Waals surface area contributed by atoms with Crippen molar-refractivity contribution in [2.24, 2.45) is 0 Å². The smallest absolute Gasteiger partial charge is 0.171 e. The average Bonchev–Trinajstić information content (AvgIpc) is 2.39. The molecule has 1 N–H and O–H groups in total. The summed E-state index contributed by atoms with van der Waals surface area (Å²) in [6.45, 7) is 0. The second-order valence-electron chi connectivity index (χ2n) is 3.79. The molecule has 0 aromatic heterocycles. The molecule has 0 fully saturated rings. The van der Waals surface area contributed by atoms with Crippen LogP contribution in [0, 0.1) is 9.39 Å². The van der Waals surface area contributed by atoms with Crippen molar-refractivity contribution in [1.82, 2.24) is 0 Å². The van der Waals surface area contributed by atoms with Gasteiger partial charge in [-0.25, -0.2) is 4.39 Å². The maximum absolute atomic E-state index is 14.1. The maximum Gasteiger partial charge on any atom is 0.171 e. The van der Waals surface area contributed by atoms with Gasteiger partial charge >= 0.3 is 0 Å². The van der Waals surface area contributed by atoms with Gasteiger partial charge in [0, 0.05) is 9.13 Å². The van der Waals surface area contributed by atoms with Gasteiger partial charge < -0.3 is 9.84 Å². The molecule has 0 aliphatic rings. The summed E-state index contributed by atoms with van der Waals surface area (Å²) < 4.78 is 19.9. The van der Waals surface area contributed by atoms with Gasteiger partial charge in [0.05, 0.1) is 7.11 Å². The second-order valence-corrected chi connectivity index (χ2v) is 4.95. The van der Waals surface area contributed by atoms with Crippen LogP contribution < -0.4 is 4.74 Å². The minimum atomic E-state index is -0.992. The van der Waals surface area contributed by atoms with Gasteiger partial charge in [-0.15, -0.1) is 0 Å². The molecule has 0 aliphatic heterocycles. The van der Waals surface area contributed by atoms with E-state index in [1.807, 2.05) is 18.2 Å². The van der Waals surface area contributed by atoms with E-state index in [0.717, 1.165) is 3.57 Å². The van der Waals surface area contributed by atoms with Crippen LogP contribution in [0.15, 0.2) is 42.5 Å². The predicted octanol–water partition coefficient (Wildman–Crippen LogP) is 3.52. The first-order chi connectivity index (χ1) is 8.65. The van der Waals surface area contributed by atoms with Crippen molar-refractivity contribution in [3.05, 3.63) is 63.0 Å². The standard InChI is InChI=1S/C14H12FIO2/c1-18-12-8-4-6-10(13(12)15)14(17)9-5-2-3-7-11(9)16/h2-8,14,17H,1H3. The van der Waals surface area contributed by atoms with Crippen LogP contribution in [0.4, 0.5) is 4.39 Å².